The molecule has 0 saturated heterocycles. The molecule has 0 aliphatic rings. The van der Waals surface area contributed by atoms with E-state index in [-0.39, 0.29) is 0 Å². The fraction of sp³-hybridized carbons (Fsp3) is 0.143. The zero-order valence-electron chi connectivity index (χ0n) is 6.00. The summed E-state index contributed by atoms with van der Waals surface area (Å²) in [5.41, 5.74) is 6.44. The molecular weight excluding hydrogens is 198 g/mol. The van der Waals surface area contributed by atoms with Crippen molar-refractivity contribution >= 4 is 38.9 Å². The number of benzene rings is 1. The summed E-state index contributed by atoms with van der Waals surface area (Å²) in [4.78, 5) is 0.960. The van der Waals surface area contributed by atoms with Crippen LogP contribution in [-0.2, 0) is 0 Å². The van der Waals surface area contributed by atoms with Crippen LogP contribution in [-0.4, -0.2) is 6.26 Å². The highest BCUT2D eigenvalue weighted by atomic mass is 35.5. The van der Waals surface area contributed by atoms with E-state index >= 15 is 0 Å². The van der Waals surface area contributed by atoms with Crippen LogP contribution in [0.2, 0.25) is 5.02 Å². The summed E-state index contributed by atoms with van der Waals surface area (Å²) in [6, 6.07) is 5.54. The Kier molecular flexibility index (Phi) is 3.43. The number of halogens is 1. The van der Waals surface area contributed by atoms with E-state index in [1.54, 1.807) is 21.6 Å². The number of rotatable bonds is 2. The summed E-state index contributed by atoms with van der Waals surface area (Å²) in [6.07, 6.45) is 1.99. The van der Waals surface area contributed by atoms with Crippen molar-refractivity contribution in [3.63, 3.8) is 0 Å². The molecule has 0 amide bonds. The minimum absolute atomic E-state index is 0.726. The molecule has 0 saturated carbocycles. The first-order valence-electron chi connectivity index (χ1n) is 3.00. The van der Waals surface area contributed by atoms with Gasteiger partial charge in [-0.15, -0.1) is 0 Å². The van der Waals surface area contributed by atoms with Gasteiger partial charge in [-0.25, -0.2) is 0 Å². The quantitative estimate of drug-likeness (QED) is 0.593. The fourth-order valence-corrected chi connectivity index (χ4v) is 2.67. The number of hydrogen-bond donors (Lipinski definition) is 1. The number of anilines is 1. The van der Waals surface area contributed by atoms with Crippen molar-refractivity contribution in [2.24, 2.45) is 0 Å². The van der Waals surface area contributed by atoms with E-state index in [0.717, 1.165) is 15.6 Å². The maximum atomic E-state index is 5.89. The average molecular weight is 206 g/mol. The fourth-order valence-electron chi connectivity index (χ4n) is 0.697. The van der Waals surface area contributed by atoms with Crippen LogP contribution in [0.15, 0.2) is 23.1 Å². The summed E-state index contributed by atoms with van der Waals surface area (Å²) in [6.45, 7) is 0. The number of hydrogen-bond acceptors (Lipinski definition) is 3. The lowest BCUT2D eigenvalue weighted by Crippen LogP contribution is -1.86. The van der Waals surface area contributed by atoms with Gasteiger partial charge in [0.15, 0.2) is 0 Å². The highest BCUT2D eigenvalue weighted by molar-refractivity contribution is 8.76. The molecule has 2 N–H and O–H groups in total. The van der Waals surface area contributed by atoms with E-state index in [2.05, 4.69) is 0 Å². The topological polar surface area (TPSA) is 26.0 Å². The molecule has 1 aromatic carbocycles. The average Bonchev–Trinajstić information content (AvgIpc) is 1.97. The van der Waals surface area contributed by atoms with Crippen LogP contribution in [0, 0.1) is 0 Å². The molecule has 0 fully saturated rings. The summed E-state index contributed by atoms with van der Waals surface area (Å²) in [7, 11) is 3.22. The van der Waals surface area contributed by atoms with E-state index in [9.17, 15) is 0 Å². The third-order valence-corrected chi connectivity index (χ3v) is 3.38. The van der Waals surface area contributed by atoms with Gasteiger partial charge < -0.3 is 5.73 Å². The molecule has 0 spiro atoms. The van der Waals surface area contributed by atoms with Crippen molar-refractivity contribution in [3.05, 3.63) is 23.2 Å². The maximum Gasteiger partial charge on any atom is 0.0598 e. The Morgan fingerprint density at radius 2 is 2.18 bits per heavy atom. The summed E-state index contributed by atoms with van der Waals surface area (Å²) in [5.74, 6) is 0. The molecule has 0 unspecified atom stereocenters. The molecule has 1 aromatic rings. The zero-order valence-corrected chi connectivity index (χ0v) is 8.39. The monoisotopic (exact) mass is 205 g/mol. The molecule has 1 rings (SSSR count). The van der Waals surface area contributed by atoms with E-state index in [4.69, 9.17) is 17.3 Å². The molecule has 60 valence electrons. The van der Waals surface area contributed by atoms with E-state index in [0.29, 0.717) is 0 Å². The minimum atomic E-state index is 0.726. The molecule has 0 aliphatic carbocycles. The SMILES string of the molecule is CSSc1c(N)cccc1Cl. The minimum Gasteiger partial charge on any atom is -0.398 e. The molecule has 0 bridgehead atoms. The Bertz CT molecular complexity index is 232. The Morgan fingerprint density at radius 1 is 1.45 bits per heavy atom. The smallest absolute Gasteiger partial charge is 0.0598 e. The van der Waals surface area contributed by atoms with Crippen molar-refractivity contribution < 1.29 is 0 Å². The van der Waals surface area contributed by atoms with Gasteiger partial charge in [-0.05, 0) is 18.4 Å². The van der Waals surface area contributed by atoms with Crippen LogP contribution in [0.25, 0.3) is 0 Å². The van der Waals surface area contributed by atoms with Gasteiger partial charge >= 0.3 is 0 Å². The van der Waals surface area contributed by atoms with Gasteiger partial charge in [0.2, 0.25) is 0 Å². The van der Waals surface area contributed by atoms with Crippen molar-refractivity contribution in [1.82, 2.24) is 0 Å². The number of nitrogen functional groups attached to an aromatic ring is 1. The Labute approximate surface area is 79.1 Å². The highest BCUT2D eigenvalue weighted by Gasteiger charge is 2.02. The van der Waals surface area contributed by atoms with Crippen molar-refractivity contribution in [2.45, 2.75) is 4.90 Å². The van der Waals surface area contributed by atoms with E-state index < -0.39 is 0 Å². The summed E-state index contributed by atoms with van der Waals surface area (Å²) in [5, 5.41) is 0.726. The first-order chi connectivity index (χ1) is 5.25. The second kappa shape index (κ2) is 4.14. The maximum absolute atomic E-state index is 5.89. The van der Waals surface area contributed by atoms with Gasteiger partial charge in [0, 0.05) is 5.69 Å². The van der Waals surface area contributed by atoms with Gasteiger partial charge in [0.05, 0.1) is 9.92 Å². The molecule has 4 heteroatoms. The Hall–Kier alpha value is 0.01000. The number of nitrogens with two attached hydrogens (primary N) is 1. The first-order valence-corrected chi connectivity index (χ1v) is 5.94. The van der Waals surface area contributed by atoms with E-state index in [1.165, 1.54) is 0 Å². The van der Waals surface area contributed by atoms with Gasteiger partial charge in [0.1, 0.15) is 0 Å². The molecule has 11 heavy (non-hydrogen) atoms. The van der Waals surface area contributed by atoms with Gasteiger partial charge in [-0.2, -0.15) is 0 Å². The van der Waals surface area contributed by atoms with Crippen molar-refractivity contribution in [2.75, 3.05) is 12.0 Å². The third-order valence-electron chi connectivity index (χ3n) is 1.16. The molecule has 0 atom stereocenters. The van der Waals surface area contributed by atoms with Gasteiger partial charge in [-0.3, -0.25) is 0 Å². The molecule has 0 radical (unpaired) electrons. The lowest BCUT2D eigenvalue weighted by Gasteiger charge is -2.03. The van der Waals surface area contributed by atoms with Gasteiger partial charge in [0.25, 0.3) is 0 Å². The highest BCUT2D eigenvalue weighted by Crippen LogP contribution is 2.38. The largest absolute Gasteiger partial charge is 0.398 e. The predicted molar refractivity (Wildman–Crippen MR) is 55.2 cm³/mol. The molecule has 0 heterocycles. The molecule has 0 aliphatic heterocycles. The standard InChI is InChI=1S/C7H8ClNS2/c1-10-11-7-5(8)3-2-4-6(7)9/h2-4H,9H2,1H3. The molecule has 0 aromatic heterocycles. The zero-order chi connectivity index (χ0) is 8.27. The lowest BCUT2D eigenvalue weighted by atomic mass is 10.3. The van der Waals surface area contributed by atoms with Crippen LogP contribution < -0.4 is 5.73 Å². The van der Waals surface area contributed by atoms with Crippen LogP contribution in [0.3, 0.4) is 0 Å². The normalized spacial score (nSPS) is 10.0. The van der Waals surface area contributed by atoms with Crippen LogP contribution in [0.1, 0.15) is 0 Å². The molecule has 1 nitrogen and oxygen atoms in total. The second-order valence-electron chi connectivity index (χ2n) is 1.91. The first kappa shape index (κ1) is 9.10. The Morgan fingerprint density at radius 3 is 2.73 bits per heavy atom. The van der Waals surface area contributed by atoms with Crippen LogP contribution >= 0.6 is 33.2 Å². The van der Waals surface area contributed by atoms with Crippen LogP contribution in [0.5, 0.6) is 0 Å². The summed E-state index contributed by atoms with van der Waals surface area (Å²) >= 11 is 5.89. The summed E-state index contributed by atoms with van der Waals surface area (Å²) < 4.78 is 0. The van der Waals surface area contributed by atoms with Crippen LogP contribution in [0.4, 0.5) is 5.69 Å². The second-order valence-corrected chi connectivity index (χ2v) is 4.72. The lowest BCUT2D eigenvalue weighted by molar-refractivity contribution is 1.47. The van der Waals surface area contributed by atoms with E-state index in [1.807, 2.05) is 24.5 Å². The molecular formula is C7H8ClNS2. The van der Waals surface area contributed by atoms with Gasteiger partial charge in [-0.1, -0.05) is 39.3 Å². The predicted octanol–water partition coefficient (Wildman–Crippen LogP) is 3.29. The van der Waals surface area contributed by atoms with Crippen molar-refractivity contribution in [3.8, 4) is 0 Å². The Balaban J connectivity index is 3.00. The van der Waals surface area contributed by atoms with Crippen molar-refractivity contribution in [1.29, 1.82) is 0 Å². The third kappa shape index (κ3) is 2.22.